The Morgan fingerprint density at radius 3 is 2.48 bits per heavy atom. The molecule has 0 bridgehead atoms. The number of amides is 1. The maximum atomic E-state index is 13.6. The van der Waals surface area contributed by atoms with Crippen LogP contribution in [0.5, 0.6) is 11.5 Å². The van der Waals surface area contributed by atoms with E-state index in [2.05, 4.69) is 9.88 Å². The molecule has 0 saturated carbocycles. The van der Waals surface area contributed by atoms with E-state index in [9.17, 15) is 9.18 Å². The van der Waals surface area contributed by atoms with Crippen molar-refractivity contribution in [1.29, 1.82) is 0 Å². The van der Waals surface area contributed by atoms with Crippen molar-refractivity contribution < 1.29 is 18.7 Å². The Morgan fingerprint density at radius 1 is 1.03 bits per heavy atom. The monoisotopic (exact) mass is 445 g/mol. The van der Waals surface area contributed by atoms with Crippen molar-refractivity contribution in [2.75, 3.05) is 45.3 Å². The van der Waals surface area contributed by atoms with Gasteiger partial charge in [0.15, 0.2) is 16.6 Å². The van der Waals surface area contributed by atoms with E-state index < -0.39 is 0 Å². The van der Waals surface area contributed by atoms with Crippen molar-refractivity contribution in [3.05, 3.63) is 47.8 Å². The average molecular weight is 446 g/mol. The molecule has 0 atom stereocenters. The van der Waals surface area contributed by atoms with Gasteiger partial charge in [-0.05, 0) is 77.3 Å². The van der Waals surface area contributed by atoms with E-state index in [0.29, 0.717) is 52.2 Å². The molecule has 6 nitrogen and oxygen atoms in total. The van der Waals surface area contributed by atoms with Crippen LogP contribution in [0.2, 0.25) is 0 Å². The van der Waals surface area contributed by atoms with Gasteiger partial charge in [0.25, 0.3) is 5.91 Å². The first kappa shape index (κ1) is 23.0. The first-order valence-corrected chi connectivity index (χ1v) is 11.2. The second-order valence-electron chi connectivity index (χ2n) is 7.25. The quantitative estimate of drug-likeness (QED) is 0.447. The summed E-state index contributed by atoms with van der Waals surface area (Å²) < 4.78 is 25.7. The topological polar surface area (TPSA) is 54.9 Å². The third kappa shape index (κ3) is 5.71. The number of nitrogens with zero attached hydrogens (tertiary/aromatic N) is 3. The number of rotatable bonds is 10. The van der Waals surface area contributed by atoms with E-state index in [1.165, 1.54) is 23.5 Å². The predicted octanol–water partition coefficient (Wildman–Crippen LogP) is 4.83. The number of aromatic nitrogens is 1. The smallest absolute Gasteiger partial charge is 0.260 e. The zero-order valence-corrected chi connectivity index (χ0v) is 19.2. The number of hydrogen-bond donors (Lipinski definition) is 0. The molecule has 0 unspecified atom stereocenters. The molecule has 31 heavy (non-hydrogen) atoms. The molecular weight excluding hydrogens is 417 g/mol. The number of halogens is 1. The summed E-state index contributed by atoms with van der Waals surface area (Å²) in [7, 11) is 3.99. The Labute approximate surface area is 186 Å². The highest BCUT2D eigenvalue weighted by Crippen LogP contribution is 2.33. The zero-order valence-electron chi connectivity index (χ0n) is 18.4. The highest BCUT2D eigenvalue weighted by molar-refractivity contribution is 7.22. The second-order valence-corrected chi connectivity index (χ2v) is 8.26. The lowest BCUT2D eigenvalue weighted by Gasteiger charge is -2.21. The van der Waals surface area contributed by atoms with Crippen LogP contribution >= 0.6 is 11.3 Å². The normalized spacial score (nSPS) is 11.2. The minimum Gasteiger partial charge on any atom is -0.490 e. The number of hydrogen-bond acceptors (Lipinski definition) is 6. The Hall–Kier alpha value is -2.71. The van der Waals surface area contributed by atoms with Crippen LogP contribution in [-0.4, -0.2) is 56.2 Å². The fourth-order valence-corrected chi connectivity index (χ4v) is 4.19. The van der Waals surface area contributed by atoms with Crippen LogP contribution in [0.25, 0.3) is 10.2 Å². The van der Waals surface area contributed by atoms with E-state index in [4.69, 9.17) is 9.47 Å². The number of benzene rings is 2. The van der Waals surface area contributed by atoms with Crippen LogP contribution < -0.4 is 14.4 Å². The molecule has 0 saturated heterocycles. The van der Waals surface area contributed by atoms with Crippen molar-refractivity contribution in [2.24, 2.45) is 0 Å². The van der Waals surface area contributed by atoms with Gasteiger partial charge in [0.2, 0.25) is 0 Å². The van der Waals surface area contributed by atoms with Gasteiger partial charge in [0, 0.05) is 12.1 Å². The van der Waals surface area contributed by atoms with E-state index in [1.807, 2.05) is 27.9 Å². The Bertz CT molecular complexity index is 1040. The van der Waals surface area contributed by atoms with Gasteiger partial charge < -0.3 is 14.4 Å². The zero-order chi connectivity index (χ0) is 22.4. The molecule has 0 radical (unpaired) electrons. The predicted molar refractivity (Wildman–Crippen MR) is 123 cm³/mol. The van der Waals surface area contributed by atoms with Crippen LogP contribution in [0.1, 0.15) is 30.6 Å². The maximum absolute atomic E-state index is 13.6. The molecule has 0 aliphatic heterocycles. The number of thiazole rings is 1. The second kappa shape index (κ2) is 10.5. The number of carbonyl (C=O) groups excluding carboxylic acids is 1. The van der Waals surface area contributed by atoms with E-state index in [1.54, 1.807) is 29.2 Å². The molecule has 1 heterocycles. The molecule has 3 rings (SSSR count). The molecule has 1 aromatic heterocycles. The van der Waals surface area contributed by atoms with Crippen LogP contribution in [0.4, 0.5) is 9.52 Å². The summed E-state index contributed by atoms with van der Waals surface area (Å²) in [6.07, 6.45) is 0.776. The summed E-state index contributed by atoms with van der Waals surface area (Å²) >= 11 is 1.31. The minimum atomic E-state index is -0.318. The lowest BCUT2D eigenvalue weighted by Crippen LogP contribution is -2.33. The summed E-state index contributed by atoms with van der Waals surface area (Å²) in [6.45, 7) is 6.09. The van der Waals surface area contributed by atoms with Crippen LogP contribution in [0, 0.1) is 5.82 Å². The van der Waals surface area contributed by atoms with Crippen molar-refractivity contribution in [3.63, 3.8) is 0 Å². The van der Waals surface area contributed by atoms with Gasteiger partial charge in [-0.25, -0.2) is 9.37 Å². The fourth-order valence-electron chi connectivity index (χ4n) is 3.17. The van der Waals surface area contributed by atoms with Crippen LogP contribution in [0.3, 0.4) is 0 Å². The van der Waals surface area contributed by atoms with Gasteiger partial charge in [-0.2, -0.15) is 0 Å². The molecule has 1 amide bonds. The van der Waals surface area contributed by atoms with E-state index >= 15 is 0 Å². The Balaban J connectivity index is 1.95. The summed E-state index contributed by atoms with van der Waals surface area (Å²) in [4.78, 5) is 21.8. The number of fused-ring (bicyclic) bond motifs is 1. The summed E-state index contributed by atoms with van der Waals surface area (Å²) in [6, 6.07) is 9.67. The first-order valence-electron chi connectivity index (χ1n) is 10.3. The van der Waals surface area contributed by atoms with Gasteiger partial charge in [-0.1, -0.05) is 11.3 Å². The van der Waals surface area contributed by atoms with Gasteiger partial charge in [-0.3, -0.25) is 9.69 Å². The summed E-state index contributed by atoms with van der Waals surface area (Å²) in [5.74, 6) is 0.647. The molecule has 2 aromatic carbocycles. The van der Waals surface area contributed by atoms with E-state index in [-0.39, 0.29) is 11.7 Å². The molecule has 3 aromatic rings. The van der Waals surface area contributed by atoms with Crippen molar-refractivity contribution >= 4 is 32.6 Å². The molecule has 0 N–H and O–H groups in total. The third-order valence-electron chi connectivity index (χ3n) is 4.59. The molecule has 0 fully saturated rings. The lowest BCUT2D eigenvalue weighted by molar-refractivity contribution is 0.0985. The molecule has 0 spiro atoms. The molecule has 0 aliphatic rings. The highest BCUT2D eigenvalue weighted by Gasteiger charge is 2.23. The van der Waals surface area contributed by atoms with Crippen LogP contribution in [-0.2, 0) is 0 Å². The number of ether oxygens (including phenoxy) is 2. The molecule has 8 heteroatoms. The molecular formula is C23H28FN3O3S. The van der Waals surface area contributed by atoms with Crippen LogP contribution in [0.15, 0.2) is 36.4 Å². The first-order chi connectivity index (χ1) is 14.9. The fraction of sp³-hybridized carbons (Fsp3) is 0.391. The maximum Gasteiger partial charge on any atom is 0.260 e. The lowest BCUT2D eigenvalue weighted by atomic mass is 10.1. The summed E-state index contributed by atoms with van der Waals surface area (Å²) in [5, 5.41) is 0.552. The van der Waals surface area contributed by atoms with Gasteiger partial charge >= 0.3 is 0 Å². The third-order valence-corrected chi connectivity index (χ3v) is 5.63. The van der Waals surface area contributed by atoms with Crippen molar-refractivity contribution in [3.8, 4) is 11.5 Å². The Kier molecular flexibility index (Phi) is 7.81. The van der Waals surface area contributed by atoms with Gasteiger partial charge in [0.05, 0.1) is 23.4 Å². The minimum absolute atomic E-state index is 0.178. The summed E-state index contributed by atoms with van der Waals surface area (Å²) in [5.41, 5.74) is 1.16. The van der Waals surface area contributed by atoms with Gasteiger partial charge in [0.1, 0.15) is 5.82 Å². The van der Waals surface area contributed by atoms with E-state index in [0.717, 1.165) is 13.0 Å². The molecule has 166 valence electrons. The largest absolute Gasteiger partial charge is 0.490 e. The number of carbonyl (C=O) groups is 1. The SMILES string of the molecule is CCOc1ccc(C(=O)N(CCCN(C)C)c2nc3ccc(F)cc3s2)cc1OCC. The van der Waals surface area contributed by atoms with Crippen molar-refractivity contribution in [1.82, 2.24) is 9.88 Å². The highest BCUT2D eigenvalue weighted by atomic mass is 32.1. The van der Waals surface area contributed by atoms with Crippen molar-refractivity contribution in [2.45, 2.75) is 20.3 Å². The molecule has 0 aliphatic carbocycles. The standard InChI is InChI=1S/C23H28FN3O3S/c1-5-29-19-11-8-16(14-20(19)30-6-2)22(28)27(13-7-12-26(3)4)23-25-18-10-9-17(24)15-21(18)31-23/h8-11,14-15H,5-7,12-13H2,1-4H3. The average Bonchev–Trinajstić information content (AvgIpc) is 3.15. The Morgan fingerprint density at radius 2 is 1.77 bits per heavy atom. The van der Waals surface area contributed by atoms with Gasteiger partial charge in [-0.15, -0.1) is 0 Å². The number of anilines is 1.